The lowest BCUT2D eigenvalue weighted by atomic mass is 9.94. The van der Waals surface area contributed by atoms with Gasteiger partial charge in [-0.3, -0.25) is 24.6 Å². The number of carbonyl (C=O) groups excluding carboxylic acids is 2. The van der Waals surface area contributed by atoms with Gasteiger partial charge in [-0.15, -0.1) is 0 Å². The van der Waals surface area contributed by atoms with E-state index in [-0.39, 0.29) is 16.8 Å². The zero-order valence-corrected chi connectivity index (χ0v) is 18.6. The summed E-state index contributed by atoms with van der Waals surface area (Å²) in [4.78, 5) is 38.1. The molecule has 1 fully saturated rings. The molecule has 0 radical (unpaired) electrons. The Hall–Kier alpha value is -4.46. The van der Waals surface area contributed by atoms with Crippen molar-refractivity contribution in [2.24, 2.45) is 0 Å². The number of aryl methyl sites for hydroxylation is 1. The summed E-state index contributed by atoms with van der Waals surface area (Å²) in [5.41, 5.74) is 2.01. The smallest absolute Gasteiger partial charge is 0.300 e. The van der Waals surface area contributed by atoms with Crippen LogP contribution in [0.1, 0.15) is 29.7 Å². The maximum Gasteiger partial charge on any atom is 0.300 e. The van der Waals surface area contributed by atoms with Gasteiger partial charge in [0.05, 0.1) is 23.1 Å². The number of carbonyl (C=O) groups is 2. The molecule has 0 spiro atoms. The molecular formula is C26H22N2O6. The Kier molecular flexibility index (Phi) is 6.14. The number of ether oxygens (including phenoxy) is 1. The fourth-order valence-corrected chi connectivity index (χ4v) is 4.02. The SMILES string of the molecule is CCOc1ccc(N2C(=O)C(=O)/C(=C(\O)c3ccc([N+](=O)[O-])cc3)C2c2cccc(C)c2)cc1. The Morgan fingerprint density at radius 3 is 2.32 bits per heavy atom. The lowest BCUT2D eigenvalue weighted by Crippen LogP contribution is -2.29. The molecule has 0 aliphatic carbocycles. The molecule has 172 valence electrons. The number of nitro groups is 1. The van der Waals surface area contributed by atoms with Crippen LogP contribution in [0, 0.1) is 17.0 Å². The monoisotopic (exact) mass is 458 g/mol. The van der Waals surface area contributed by atoms with Gasteiger partial charge in [-0.2, -0.15) is 0 Å². The second kappa shape index (κ2) is 9.19. The molecule has 1 aliphatic heterocycles. The van der Waals surface area contributed by atoms with E-state index in [9.17, 15) is 24.8 Å². The number of hydrogen-bond acceptors (Lipinski definition) is 6. The Morgan fingerprint density at radius 1 is 1.06 bits per heavy atom. The third kappa shape index (κ3) is 4.13. The molecule has 0 saturated carbocycles. The maximum atomic E-state index is 13.2. The lowest BCUT2D eigenvalue weighted by molar-refractivity contribution is -0.384. The number of ketones is 1. The van der Waals surface area contributed by atoms with Crippen molar-refractivity contribution in [3.63, 3.8) is 0 Å². The van der Waals surface area contributed by atoms with Crippen LogP contribution < -0.4 is 9.64 Å². The van der Waals surface area contributed by atoms with Gasteiger partial charge in [0.15, 0.2) is 0 Å². The van der Waals surface area contributed by atoms with Gasteiger partial charge in [0.25, 0.3) is 17.4 Å². The third-order valence-electron chi connectivity index (χ3n) is 5.58. The van der Waals surface area contributed by atoms with Crippen LogP contribution in [0.25, 0.3) is 5.76 Å². The van der Waals surface area contributed by atoms with Gasteiger partial charge in [-0.05, 0) is 55.8 Å². The fourth-order valence-electron chi connectivity index (χ4n) is 4.02. The van der Waals surface area contributed by atoms with Gasteiger partial charge < -0.3 is 9.84 Å². The summed E-state index contributed by atoms with van der Waals surface area (Å²) in [7, 11) is 0. The highest BCUT2D eigenvalue weighted by Crippen LogP contribution is 2.42. The van der Waals surface area contributed by atoms with E-state index in [0.717, 1.165) is 5.56 Å². The summed E-state index contributed by atoms with van der Waals surface area (Å²) >= 11 is 0. The predicted molar refractivity (Wildman–Crippen MR) is 127 cm³/mol. The second-order valence-corrected chi connectivity index (χ2v) is 7.81. The largest absolute Gasteiger partial charge is 0.507 e. The van der Waals surface area contributed by atoms with Gasteiger partial charge in [0, 0.05) is 23.4 Å². The molecule has 0 bridgehead atoms. The average molecular weight is 458 g/mol. The molecule has 3 aromatic carbocycles. The number of aliphatic hydroxyl groups is 1. The first kappa shape index (κ1) is 22.7. The fraction of sp³-hybridized carbons (Fsp3) is 0.154. The summed E-state index contributed by atoms with van der Waals surface area (Å²) < 4.78 is 5.47. The van der Waals surface area contributed by atoms with E-state index in [1.807, 2.05) is 32.0 Å². The van der Waals surface area contributed by atoms with E-state index in [2.05, 4.69) is 0 Å². The Bertz CT molecular complexity index is 1300. The lowest BCUT2D eigenvalue weighted by Gasteiger charge is -2.26. The number of benzene rings is 3. The van der Waals surface area contributed by atoms with Crippen LogP contribution in [0.3, 0.4) is 0 Å². The van der Waals surface area contributed by atoms with Crippen molar-refractivity contribution in [1.29, 1.82) is 0 Å². The van der Waals surface area contributed by atoms with Gasteiger partial charge in [0.1, 0.15) is 11.5 Å². The van der Waals surface area contributed by atoms with Crippen molar-refractivity contribution in [2.45, 2.75) is 19.9 Å². The summed E-state index contributed by atoms with van der Waals surface area (Å²) in [5, 5.41) is 22.1. The average Bonchev–Trinajstić information content (AvgIpc) is 3.10. The molecule has 34 heavy (non-hydrogen) atoms. The number of nitro benzene ring substituents is 1. The van der Waals surface area contributed by atoms with Gasteiger partial charge in [-0.25, -0.2) is 0 Å². The molecule has 0 aromatic heterocycles. The summed E-state index contributed by atoms with van der Waals surface area (Å²) in [6.45, 7) is 4.24. The number of rotatable bonds is 6. The number of amides is 1. The first-order valence-corrected chi connectivity index (χ1v) is 10.7. The molecule has 1 heterocycles. The minimum atomic E-state index is -0.881. The first-order valence-electron chi connectivity index (χ1n) is 10.7. The molecule has 8 heteroatoms. The Labute approximate surface area is 195 Å². The van der Waals surface area contributed by atoms with E-state index in [1.165, 1.54) is 29.2 Å². The van der Waals surface area contributed by atoms with Crippen LogP contribution in [0.5, 0.6) is 5.75 Å². The van der Waals surface area contributed by atoms with E-state index in [0.29, 0.717) is 23.6 Å². The van der Waals surface area contributed by atoms with Crippen LogP contribution in [0.4, 0.5) is 11.4 Å². The van der Waals surface area contributed by atoms with Crippen LogP contribution in [0.15, 0.2) is 78.4 Å². The first-order chi connectivity index (χ1) is 16.3. The van der Waals surface area contributed by atoms with Crippen LogP contribution >= 0.6 is 0 Å². The topological polar surface area (TPSA) is 110 Å². The van der Waals surface area contributed by atoms with Crippen LogP contribution in [-0.2, 0) is 9.59 Å². The predicted octanol–water partition coefficient (Wildman–Crippen LogP) is 4.93. The quantitative estimate of drug-likeness (QED) is 0.184. The highest BCUT2D eigenvalue weighted by atomic mass is 16.6. The normalized spacial score (nSPS) is 17.1. The summed E-state index contributed by atoms with van der Waals surface area (Å²) in [5.74, 6) is -1.38. The van der Waals surface area contributed by atoms with Gasteiger partial charge >= 0.3 is 0 Å². The molecule has 1 amide bonds. The minimum absolute atomic E-state index is 0.0849. The van der Waals surface area contributed by atoms with Crippen molar-refractivity contribution >= 4 is 28.8 Å². The molecule has 3 aromatic rings. The molecular weight excluding hydrogens is 436 g/mol. The summed E-state index contributed by atoms with van der Waals surface area (Å²) in [6, 6.07) is 18.4. The number of non-ortho nitro benzene ring substituents is 1. The number of aliphatic hydroxyl groups excluding tert-OH is 1. The Morgan fingerprint density at radius 2 is 1.74 bits per heavy atom. The van der Waals surface area contributed by atoms with Gasteiger partial charge in [-0.1, -0.05) is 29.8 Å². The van der Waals surface area contributed by atoms with Crippen molar-refractivity contribution in [1.82, 2.24) is 0 Å². The van der Waals surface area contributed by atoms with Crippen LogP contribution in [-0.4, -0.2) is 28.3 Å². The molecule has 1 N–H and O–H groups in total. The van der Waals surface area contributed by atoms with Crippen LogP contribution in [0.2, 0.25) is 0 Å². The van der Waals surface area contributed by atoms with Crippen molar-refractivity contribution < 1.29 is 24.4 Å². The zero-order chi connectivity index (χ0) is 24.4. The molecule has 8 nitrogen and oxygen atoms in total. The second-order valence-electron chi connectivity index (χ2n) is 7.81. The standard InChI is InChI=1S/C26H22N2O6/c1-3-34-21-13-11-19(12-14-21)27-23(18-6-4-5-16(2)15-18)22(25(30)26(27)31)24(29)17-7-9-20(10-8-17)28(32)33/h4-15,23,29H,3H2,1-2H3/b24-22-. The highest BCUT2D eigenvalue weighted by Gasteiger charge is 2.47. The van der Waals surface area contributed by atoms with Crippen molar-refractivity contribution in [2.75, 3.05) is 11.5 Å². The van der Waals surface area contributed by atoms with E-state index in [1.54, 1.807) is 30.3 Å². The minimum Gasteiger partial charge on any atom is -0.507 e. The van der Waals surface area contributed by atoms with E-state index < -0.39 is 28.4 Å². The molecule has 1 unspecified atom stereocenters. The number of Topliss-reactive ketones (excluding diaryl/α,β-unsaturated/α-hetero) is 1. The van der Waals surface area contributed by atoms with E-state index in [4.69, 9.17) is 4.74 Å². The highest BCUT2D eigenvalue weighted by molar-refractivity contribution is 6.51. The molecule has 1 aliphatic rings. The molecule has 1 atom stereocenters. The van der Waals surface area contributed by atoms with E-state index >= 15 is 0 Å². The maximum absolute atomic E-state index is 13.2. The number of nitrogens with zero attached hydrogens (tertiary/aromatic N) is 2. The number of anilines is 1. The zero-order valence-electron chi connectivity index (χ0n) is 18.6. The molecule has 4 rings (SSSR count). The van der Waals surface area contributed by atoms with Crippen molar-refractivity contribution in [3.8, 4) is 5.75 Å². The third-order valence-corrected chi connectivity index (χ3v) is 5.58. The Balaban J connectivity index is 1.88. The van der Waals surface area contributed by atoms with Gasteiger partial charge in [0.2, 0.25) is 0 Å². The molecule has 1 saturated heterocycles. The van der Waals surface area contributed by atoms with Crippen molar-refractivity contribution in [3.05, 3.63) is 105 Å². The number of hydrogen-bond donors (Lipinski definition) is 1. The summed E-state index contributed by atoms with van der Waals surface area (Å²) in [6.07, 6.45) is 0.